The Kier molecular flexibility index (Phi) is 7.11. The summed E-state index contributed by atoms with van der Waals surface area (Å²) < 4.78 is 14.4. The molecular formula is C34H30ClFN4O3. The highest BCUT2D eigenvalue weighted by Gasteiger charge is 2.40. The van der Waals surface area contributed by atoms with Crippen molar-refractivity contribution in [3.8, 4) is 0 Å². The molecule has 218 valence electrons. The highest BCUT2D eigenvalue weighted by atomic mass is 35.5. The number of piperazine rings is 1. The minimum Gasteiger partial charge on any atom is -0.367 e. The van der Waals surface area contributed by atoms with E-state index in [0.29, 0.717) is 29.1 Å². The predicted molar refractivity (Wildman–Crippen MR) is 165 cm³/mol. The molecule has 3 amide bonds. The van der Waals surface area contributed by atoms with Gasteiger partial charge in [-0.3, -0.25) is 29.5 Å². The third kappa shape index (κ3) is 5.15. The van der Waals surface area contributed by atoms with E-state index in [4.69, 9.17) is 11.6 Å². The number of anilines is 2. The third-order valence-corrected chi connectivity index (χ3v) is 9.02. The molecular weight excluding hydrogens is 567 g/mol. The Morgan fingerprint density at radius 2 is 1.60 bits per heavy atom. The average Bonchev–Trinajstić information content (AvgIpc) is 3.28. The first kappa shape index (κ1) is 27.6. The summed E-state index contributed by atoms with van der Waals surface area (Å²) in [6.07, 6.45) is 1.24. The van der Waals surface area contributed by atoms with Gasteiger partial charge in [-0.25, -0.2) is 4.39 Å². The molecule has 0 spiro atoms. The normalized spacial score (nSPS) is 18.9. The van der Waals surface area contributed by atoms with Crippen molar-refractivity contribution in [1.29, 1.82) is 0 Å². The van der Waals surface area contributed by atoms with Gasteiger partial charge in [0.15, 0.2) is 0 Å². The predicted octanol–water partition coefficient (Wildman–Crippen LogP) is 5.31. The fraction of sp³-hybridized carbons (Fsp3) is 0.265. The SMILES string of the molecule is O=C1CCC(N2C(=O)c3cccc4c(Cc5ccc(CN6CCN(c7ccc(Cl)cc7F)CC6)cc5)ccc2c34)C(=O)N1. The van der Waals surface area contributed by atoms with Gasteiger partial charge in [-0.15, -0.1) is 0 Å². The van der Waals surface area contributed by atoms with Gasteiger partial charge in [-0.1, -0.05) is 54.1 Å². The van der Waals surface area contributed by atoms with Crippen LogP contribution in [0.1, 0.15) is 39.9 Å². The molecule has 0 saturated carbocycles. The van der Waals surface area contributed by atoms with Crippen molar-refractivity contribution in [2.45, 2.75) is 31.8 Å². The Hall–Kier alpha value is -4.27. The summed E-state index contributed by atoms with van der Waals surface area (Å²) in [6.45, 7) is 4.03. The van der Waals surface area contributed by atoms with E-state index in [1.807, 2.05) is 30.3 Å². The highest BCUT2D eigenvalue weighted by Crippen LogP contribution is 2.41. The molecule has 3 aliphatic rings. The number of carbonyl (C=O) groups excluding carboxylic acids is 3. The maximum atomic E-state index is 14.4. The lowest BCUT2D eigenvalue weighted by Gasteiger charge is -2.36. The fourth-order valence-corrected chi connectivity index (χ4v) is 6.74. The monoisotopic (exact) mass is 596 g/mol. The highest BCUT2D eigenvalue weighted by molar-refractivity contribution is 6.30. The van der Waals surface area contributed by atoms with Crippen LogP contribution in [0.5, 0.6) is 0 Å². The van der Waals surface area contributed by atoms with Crippen LogP contribution in [0.4, 0.5) is 15.8 Å². The summed E-state index contributed by atoms with van der Waals surface area (Å²) in [7, 11) is 0. The summed E-state index contributed by atoms with van der Waals surface area (Å²) in [5.74, 6) is -1.21. The summed E-state index contributed by atoms with van der Waals surface area (Å²) >= 11 is 5.91. The minimum absolute atomic E-state index is 0.198. The second-order valence-electron chi connectivity index (χ2n) is 11.5. The molecule has 9 heteroatoms. The van der Waals surface area contributed by atoms with Gasteiger partial charge in [0.2, 0.25) is 11.8 Å². The maximum absolute atomic E-state index is 14.4. The molecule has 1 atom stereocenters. The summed E-state index contributed by atoms with van der Waals surface area (Å²) in [5, 5.41) is 4.65. The quantitative estimate of drug-likeness (QED) is 0.306. The van der Waals surface area contributed by atoms with E-state index >= 15 is 0 Å². The van der Waals surface area contributed by atoms with Crippen LogP contribution in [0.2, 0.25) is 5.02 Å². The van der Waals surface area contributed by atoms with Gasteiger partial charge in [0.05, 0.1) is 11.4 Å². The third-order valence-electron chi connectivity index (χ3n) is 8.79. The molecule has 7 nitrogen and oxygen atoms in total. The second-order valence-corrected chi connectivity index (χ2v) is 11.9. The molecule has 3 aliphatic heterocycles. The van der Waals surface area contributed by atoms with Crippen LogP contribution >= 0.6 is 11.6 Å². The van der Waals surface area contributed by atoms with E-state index in [0.717, 1.165) is 54.7 Å². The van der Waals surface area contributed by atoms with Crippen LogP contribution in [0.15, 0.2) is 72.8 Å². The van der Waals surface area contributed by atoms with E-state index in [-0.39, 0.29) is 24.1 Å². The number of rotatable bonds is 6. The van der Waals surface area contributed by atoms with Gasteiger partial charge in [0, 0.05) is 55.1 Å². The summed E-state index contributed by atoms with van der Waals surface area (Å²) in [5.41, 5.74) is 5.41. The van der Waals surface area contributed by atoms with Crippen molar-refractivity contribution in [3.63, 3.8) is 0 Å². The molecule has 3 heterocycles. The van der Waals surface area contributed by atoms with Gasteiger partial charge in [-0.2, -0.15) is 0 Å². The Morgan fingerprint density at radius 1 is 0.860 bits per heavy atom. The molecule has 43 heavy (non-hydrogen) atoms. The van der Waals surface area contributed by atoms with Gasteiger partial charge >= 0.3 is 0 Å². The number of nitrogens with zero attached hydrogens (tertiary/aromatic N) is 3. The Bertz CT molecular complexity index is 1770. The number of hydrogen-bond donors (Lipinski definition) is 1. The molecule has 4 aromatic carbocycles. The lowest BCUT2D eigenvalue weighted by molar-refractivity contribution is -0.134. The lowest BCUT2D eigenvalue weighted by Crippen LogP contribution is -2.53. The zero-order valence-corrected chi connectivity index (χ0v) is 24.2. The van der Waals surface area contributed by atoms with Gasteiger partial charge in [0.25, 0.3) is 5.91 Å². The standard InChI is InChI=1S/C34H30ClFN4O3/c35-24-9-11-28(27(36)19-24)39-16-14-38(15-17-39)20-22-6-4-21(5-7-22)18-23-8-10-29-32-25(23)2-1-3-26(32)34(43)40(29)30-12-13-31(41)37-33(30)42/h1-11,19,30H,12-18,20H2,(H,37,41,42). The summed E-state index contributed by atoms with van der Waals surface area (Å²) in [4.78, 5) is 43.7. The van der Waals surface area contributed by atoms with Crippen molar-refractivity contribution >= 4 is 51.5 Å². The van der Waals surface area contributed by atoms with Crippen molar-refractivity contribution in [2.24, 2.45) is 0 Å². The van der Waals surface area contributed by atoms with Crippen LogP contribution < -0.4 is 15.1 Å². The van der Waals surface area contributed by atoms with Gasteiger partial charge in [0.1, 0.15) is 11.9 Å². The van der Waals surface area contributed by atoms with Crippen molar-refractivity contribution in [1.82, 2.24) is 10.2 Å². The number of halogens is 2. The first-order chi connectivity index (χ1) is 20.9. The molecule has 2 saturated heterocycles. The van der Waals surface area contributed by atoms with Gasteiger partial charge < -0.3 is 4.90 Å². The van der Waals surface area contributed by atoms with Crippen LogP contribution in [0.25, 0.3) is 10.8 Å². The summed E-state index contributed by atoms with van der Waals surface area (Å²) in [6, 6.07) is 22.5. The van der Waals surface area contributed by atoms with Crippen molar-refractivity contribution < 1.29 is 18.8 Å². The van der Waals surface area contributed by atoms with E-state index in [1.165, 1.54) is 17.2 Å². The smallest absolute Gasteiger partial charge is 0.259 e. The number of amides is 3. The average molecular weight is 597 g/mol. The van der Waals surface area contributed by atoms with E-state index in [1.54, 1.807) is 17.0 Å². The fourth-order valence-electron chi connectivity index (χ4n) is 6.58. The number of carbonyl (C=O) groups is 3. The van der Waals surface area contributed by atoms with E-state index < -0.39 is 11.9 Å². The van der Waals surface area contributed by atoms with E-state index in [2.05, 4.69) is 39.4 Å². The van der Waals surface area contributed by atoms with E-state index in [9.17, 15) is 18.8 Å². The molecule has 0 radical (unpaired) electrons. The molecule has 0 bridgehead atoms. The zero-order valence-electron chi connectivity index (χ0n) is 23.5. The van der Waals surface area contributed by atoms with Crippen LogP contribution in [0.3, 0.4) is 0 Å². The number of imide groups is 1. The number of piperidine rings is 1. The first-order valence-electron chi connectivity index (χ1n) is 14.6. The van der Waals surface area contributed by atoms with Crippen LogP contribution in [-0.2, 0) is 22.6 Å². The Labute approximate surface area is 253 Å². The van der Waals surface area contributed by atoms with Crippen LogP contribution in [0, 0.1) is 5.82 Å². The maximum Gasteiger partial charge on any atom is 0.259 e. The van der Waals surface area contributed by atoms with Crippen molar-refractivity contribution in [3.05, 3.63) is 106 Å². The number of nitrogens with one attached hydrogen (secondary N) is 1. The molecule has 1 unspecified atom stereocenters. The van der Waals surface area contributed by atoms with Gasteiger partial charge in [-0.05, 0) is 65.3 Å². The largest absolute Gasteiger partial charge is 0.367 e. The van der Waals surface area contributed by atoms with Crippen molar-refractivity contribution in [2.75, 3.05) is 36.0 Å². The molecule has 7 rings (SSSR count). The first-order valence-corrected chi connectivity index (χ1v) is 15.0. The van der Waals surface area contributed by atoms with Crippen LogP contribution in [-0.4, -0.2) is 54.8 Å². The number of hydrogen-bond acceptors (Lipinski definition) is 5. The second kappa shape index (κ2) is 11.1. The minimum atomic E-state index is -0.694. The Morgan fingerprint density at radius 3 is 2.35 bits per heavy atom. The molecule has 0 aliphatic carbocycles. The topological polar surface area (TPSA) is 73.0 Å². The molecule has 1 N–H and O–H groups in total. The molecule has 0 aromatic heterocycles. The lowest BCUT2D eigenvalue weighted by atomic mass is 9.95. The molecule has 2 fully saturated rings. The molecule has 4 aromatic rings. The number of benzene rings is 4. The zero-order chi connectivity index (χ0) is 29.7. The Balaban J connectivity index is 1.04.